The van der Waals surface area contributed by atoms with Gasteiger partial charge in [-0.15, -0.1) is 0 Å². The Labute approximate surface area is 116 Å². The summed E-state index contributed by atoms with van der Waals surface area (Å²) >= 11 is 0. The Bertz CT molecular complexity index is 199. The lowest BCUT2D eigenvalue weighted by molar-refractivity contribution is 0.127. The Kier molecular flexibility index (Phi) is 8.89. The molecule has 110 valence electrons. The highest BCUT2D eigenvalue weighted by Crippen LogP contribution is 2.16. The van der Waals surface area contributed by atoms with E-state index in [0.717, 1.165) is 24.9 Å². The van der Waals surface area contributed by atoms with Crippen LogP contribution in [0.4, 0.5) is 0 Å². The third-order valence-corrected chi connectivity index (χ3v) is 3.71. The van der Waals surface area contributed by atoms with Gasteiger partial charge in [0.25, 0.3) is 0 Å². The Balaban J connectivity index is 4.30. The third kappa shape index (κ3) is 7.38. The molecule has 2 heteroatoms. The smallest absolute Gasteiger partial charge is 0.0243 e. The molecule has 0 aliphatic rings. The van der Waals surface area contributed by atoms with Gasteiger partial charge in [0.05, 0.1) is 0 Å². The molecule has 2 nitrogen and oxygen atoms in total. The molecular formula is C16H36N2. The first-order chi connectivity index (χ1) is 8.25. The molecule has 0 amide bonds. The minimum atomic E-state index is 0.637. The largest absolute Gasteiger partial charge is 0.315 e. The fourth-order valence-electron chi connectivity index (χ4n) is 2.55. The maximum Gasteiger partial charge on any atom is 0.0243 e. The predicted octanol–water partition coefficient (Wildman–Crippen LogP) is 3.62. The van der Waals surface area contributed by atoms with Crippen molar-refractivity contribution in [3.05, 3.63) is 0 Å². The van der Waals surface area contributed by atoms with Gasteiger partial charge in [0.15, 0.2) is 0 Å². The van der Waals surface area contributed by atoms with Crippen LogP contribution in [0.2, 0.25) is 0 Å². The molecule has 0 aliphatic heterocycles. The van der Waals surface area contributed by atoms with Crippen molar-refractivity contribution in [3.63, 3.8) is 0 Å². The van der Waals surface area contributed by atoms with Crippen LogP contribution in [0.5, 0.6) is 0 Å². The molecule has 0 fully saturated rings. The van der Waals surface area contributed by atoms with Crippen LogP contribution in [0.15, 0.2) is 0 Å². The Morgan fingerprint density at radius 2 is 1.39 bits per heavy atom. The van der Waals surface area contributed by atoms with Gasteiger partial charge >= 0.3 is 0 Å². The van der Waals surface area contributed by atoms with Gasteiger partial charge in [-0.3, -0.25) is 4.90 Å². The molecule has 0 saturated carbocycles. The number of nitrogens with zero attached hydrogens (tertiary/aromatic N) is 1. The van der Waals surface area contributed by atoms with Crippen LogP contribution in [0.3, 0.4) is 0 Å². The number of hydrogen-bond acceptors (Lipinski definition) is 2. The van der Waals surface area contributed by atoms with E-state index in [-0.39, 0.29) is 0 Å². The molecule has 1 N–H and O–H groups in total. The fourth-order valence-corrected chi connectivity index (χ4v) is 2.55. The van der Waals surface area contributed by atoms with Crippen molar-refractivity contribution in [1.82, 2.24) is 10.2 Å². The SMILES string of the molecule is CC(C)CNCC(C(C)C)N(C)C(C)CC(C)C. The van der Waals surface area contributed by atoms with Crippen molar-refractivity contribution in [1.29, 1.82) is 0 Å². The van der Waals surface area contributed by atoms with E-state index in [1.807, 2.05) is 0 Å². The van der Waals surface area contributed by atoms with E-state index in [2.05, 4.69) is 65.7 Å². The molecule has 0 aromatic rings. The number of rotatable bonds is 9. The highest BCUT2D eigenvalue weighted by molar-refractivity contribution is 4.79. The van der Waals surface area contributed by atoms with E-state index < -0.39 is 0 Å². The second-order valence-electron chi connectivity index (χ2n) is 7.01. The van der Waals surface area contributed by atoms with Crippen LogP contribution >= 0.6 is 0 Å². The quantitative estimate of drug-likeness (QED) is 0.678. The predicted molar refractivity (Wildman–Crippen MR) is 83.0 cm³/mol. The van der Waals surface area contributed by atoms with Gasteiger partial charge in [-0.2, -0.15) is 0 Å². The van der Waals surface area contributed by atoms with Crippen molar-refractivity contribution in [2.45, 2.75) is 67.0 Å². The first-order valence-corrected chi connectivity index (χ1v) is 7.68. The second kappa shape index (κ2) is 8.92. The number of likely N-dealkylation sites (N-methyl/N-ethyl adjacent to an activating group) is 1. The van der Waals surface area contributed by atoms with Gasteiger partial charge < -0.3 is 5.32 Å². The zero-order valence-corrected chi connectivity index (χ0v) is 14.0. The molecule has 0 aromatic heterocycles. The summed E-state index contributed by atoms with van der Waals surface area (Å²) in [6, 6.07) is 1.30. The number of hydrogen-bond donors (Lipinski definition) is 1. The van der Waals surface area contributed by atoms with Crippen molar-refractivity contribution < 1.29 is 0 Å². The maximum absolute atomic E-state index is 3.61. The van der Waals surface area contributed by atoms with Gasteiger partial charge in [0, 0.05) is 18.6 Å². The number of nitrogens with one attached hydrogen (secondary N) is 1. The summed E-state index contributed by atoms with van der Waals surface area (Å²) in [5.41, 5.74) is 0. The molecule has 0 spiro atoms. The van der Waals surface area contributed by atoms with Crippen molar-refractivity contribution in [3.8, 4) is 0 Å². The maximum atomic E-state index is 3.61. The molecule has 0 aromatic carbocycles. The molecule has 0 radical (unpaired) electrons. The standard InChI is InChI=1S/C16H36N2/c1-12(2)9-15(7)18(8)16(14(5)6)11-17-10-13(3)4/h12-17H,9-11H2,1-8H3. The molecule has 0 saturated heterocycles. The van der Waals surface area contributed by atoms with Crippen LogP contribution in [0.25, 0.3) is 0 Å². The minimum absolute atomic E-state index is 0.637. The summed E-state index contributed by atoms with van der Waals surface area (Å²) in [5, 5.41) is 3.61. The summed E-state index contributed by atoms with van der Waals surface area (Å²) in [5.74, 6) is 2.21. The lowest BCUT2D eigenvalue weighted by Crippen LogP contribution is -2.48. The molecule has 0 rings (SSSR count). The Morgan fingerprint density at radius 1 is 0.833 bits per heavy atom. The Morgan fingerprint density at radius 3 is 1.78 bits per heavy atom. The first kappa shape index (κ1) is 17.9. The molecule has 0 bridgehead atoms. The fraction of sp³-hybridized carbons (Fsp3) is 1.00. The monoisotopic (exact) mass is 256 g/mol. The van der Waals surface area contributed by atoms with Gasteiger partial charge in [-0.25, -0.2) is 0 Å². The lowest BCUT2D eigenvalue weighted by atomic mass is 9.97. The van der Waals surface area contributed by atoms with E-state index in [4.69, 9.17) is 0 Å². The first-order valence-electron chi connectivity index (χ1n) is 7.68. The zero-order chi connectivity index (χ0) is 14.3. The molecular weight excluding hydrogens is 220 g/mol. The summed E-state index contributed by atoms with van der Waals surface area (Å²) in [7, 11) is 2.29. The van der Waals surface area contributed by atoms with Gasteiger partial charge in [-0.1, -0.05) is 41.5 Å². The van der Waals surface area contributed by atoms with Gasteiger partial charge in [-0.05, 0) is 44.7 Å². The van der Waals surface area contributed by atoms with Crippen LogP contribution in [0.1, 0.15) is 54.9 Å². The lowest BCUT2D eigenvalue weighted by Gasteiger charge is -2.37. The average Bonchev–Trinajstić information content (AvgIpc) is 2.21. The van der Waals surface area contributed by atoms with E-state index in [1.165, 1.54) is 6.42 Å². The molecule has 18 heavy (non-hydrogen) atoms. The van der Waals surface area contributed by atoms with E-state index >= 15 is 0 Å². The van der Waals surface area contributed by atoms with Crippen molar-refractivity contribution in [2.24, 2.45) is 17.8 Å². The van der Waals surface area contributed by atoms with Crippen LogP contribution in [-0.2, 0) is 0 Å². The highest BCUT2D eigenvalue weighted by atomic mass is 15.2. The molecule has 0 aliphatic carbocycles. The minimum Gasteiger partial charge on any atom is -0.315 e. The summed E-state index contributed by atoms with van der Waals surface area (Å²) in [6.45, 7) is 18.4. The van der Waals surface area contributed by atoms with Crippen LogP contribution in [0, 0.1) is 17.8 Å². The molecule has 0 heterocycles. The summed E-state index contributed by atoms with van der Waals surface area (Å²) < 4.78 is 0. The van der Waals surface area contributed by atoms with E-state index in [1.54, 1.807) is 0 Å². The van der Waals surface area contributed by atoms with Crippen molar-refractivity contribution >= 4 is 0 Å². The third-order valence-electron chi connectivity index (χ3n) is 3.71. The van der Waals surface area contributed by atoms with Crippen LogP contribution < -0.4 is 5.32 Å². The average molecular weight is 256 g/mol. The normalized spacial score (nSPS) is 16.0. The topological polar surface area (TPSA) is 15.3 Å². The van der Waals surface area contributed by atoms with Gasteiger partial charge in [0.1, 0.15) is 0 Å². The Hall–Kier alpha value is -0.0800. The van der Waals surface area contributed by atoms with E-state index in [0.29, 0.717) is 18.0 Å². The van der Waals surface area contributed by atoms with Crippen LogP contribution in [-0.4, -0.2) is 37.1 Å². The van der Waals surface area contributed by atoms with Gasteiger partial charge in [0.2, 0.25) is 0 Å². The van der Waals surface area contributed by atoms with Crippen molar-refractivity contribution in [2.75, 3.05) is 20.1 Å². The zero-order valence-electron chi connectivity index (χ0n) is 14.0. The molecule has 2 atom stereocenters. The summed E-state index contributed by atoms with van der Waals surface area (Å²) in [6.07, 6.45) is 1.28. The molecule has 2 unspecified atom stereocenters. The summed E-state index contributed by atoms with van der Waals surface area (Å²) in [4.78, 5) is 2.57. The second-order valence-corrected chi connectivity index (χ2v) is 7.01. The highest BCUT2D eigenvalue weighted by Gasteiger charge is 2.22. The van der Waals surface area contributed by atoms with E-state index in [9.17, 15) is 0 Å².